The Kier molecular flexibility index (Phi) is 6.10. The molecular weight excluding hydrogens is 220 g/mol. The zero-order valence-corrected chi connectivity index (χ0v) is 11.1. The predicted molar refractivity (Wildman–Crippen MR) is 64.7 cm³/mol. The maximum Gasteiger partial charge on any atom is 0.102 e. The summed E-state index contributed by atoms with van der Waals surface area (Å²) < 4.78 is 12.3. The van der Waals surface area contributed by atoms with Crippen LogP contribution in [0.5, 0.6) is 0 Å². The summed E-state index contributed by atoms with van der Waals surface area (Å²) in [5.74, 6) is 0. The molecule has 0 aliphatic carbocycles. The number of rotatable bonds is 8. The Bertz CT molecular complexity index is 327. The van der Waals surface area contributed by atoms with Crippen LogP contribution < -0.4 is 5.32 Å². The molecule has 0 saturated carbocycles. The Labute approximate surface area is 102 Å². The van der Waals surface area contributed by atoms with E-state index in [2.05, 4.69) is 15.6 Å². The van der Waals surface area contributed by atoms with Crippen LogP contribution in [0, 0.1) is 0 Å². The molecule has 0 bridgehead atoms. The van der Waals surface area contributed by atoms with Gasteiger partial charge in [-0.15, -0.1) is 5.10 Å². The zero-order chi connectivity index (χ0) is 12.7. The molecule has 17 heavy (non-hydrogen) atoms. The lowest BCUT2D eigenvalue weighted by atomic mass is 10.2. The molecule has 0 aliphatic heterocycles. The number of aromatic nitrogens is 3. The second-order valence-electron chi connectivity index (χ2n) is 3.90. The number of hydrogen-bond acceptors (Lipinski definition) is 5. The molecule has 0 radical (unpaired) electrons. The van der Waals surface area contributed by atoms with Crippen LogP contribution in [0.3, 0.4) is 0 Å². The van der Waals surface area contributed by atoms with Gasteiger partial charge in [0.25, 0.3) is 0 Å². The average molecular weight is 242 g/mol. The Morgan fingerprint density at radius 3 is 2.76 bits per heavy atom. The molecule has 1 rings (SSSR count). The summed E-state index contributed by atoms with van der Waals surface area (Å²) in [4.78, 5) is 0. The van der Waals surface area contributed by atoms with Crippen molar-refractivity contribution in [3.63, 3.8) is 0 Å². The van der Waals surface area contributed by atoms with Gasteiger partial charge < -0.3 is 14.8 Å². The number of methoxy groups -OCH3 is 2. The van der Waals surface area contributed by atoms with E-state index in [0.717, 1.165) is 31.0 Å². The third kappa shape index (κ3) is 3.76. The molecule has 1 atom stereocenters. The lowest BCUT2D eigenvalue weighted by molar-refractivity contribution is 0.109. The molecule has 0 spiro atoms. The molecule has 1 unspecified atom stereocenters. The highest BCUT2D eigenvalue weighted by Crippen LogP contribution is 2.19. The van der Waals surface area contributed by atoms with Gasteiger partial charge in [-0.05, 0) is 20.4 Å². The summed E-state index contributed by atoms with van der Waals surface area (Å²) in [7, 11) is 5.29. The summed E-state index contributed by atoms with van der Waals surface area (Å²) >= 11 is 0. The first-order valence-corrected chi connectivity index (χ1v) is 5.83. The van der Waals surface area contributed by atoms with Crippen LogP contribution in [0.2, 0.25) is 0 Å². The van der Waals surface area contributed by atoms with Gasteiger partial charge in [0, 0.05) is 33.9 Å². The standard InChI is InChI=1S/C11H22N4O2/c1-9(17-4)11-10(8-12-2)13-14-15(11)6-5-7-16-3/h9,12H,5-8H2,1-4H3. The van der Waals surface area contributed by atoms with Crippen LogP contribution in [-0.4, -0.2) is 42.9 Å². The molecule has 1 aromatic rings. The van der Waals surface area contributed by atoms with Gasteiger partial charge in [-0.2, -0.15) is 0 Å². The van der Waals surface area contributed by atoms with Crippen LogP contribution in [0.25, 0.3) is 0 Å². The van der Waals surface area contributed by atoms with Crippen LogP contribution in [0.15, 0.2) is 0 Å². The fourth-order valence-corrected chi connectivity index (χ4v) is 1.73. The second kappa shape index (κ2) is 7.37. The largest absolute Gasteiger partial charge is 0.385 e. The topological polar surface area (TPSA) is 61.2 Å². The zero-order valence-electron chi connectivity index (χ0n) is 11.1. The fourth-order valence-electron chi connectivity index (χ4n) is 1.73. The number of ether oxygens (including phenoxy) is 2. The van der Waals surface area contributed by atoms with Crippen LogP contribution in [0.4, 0.5) is 0 Å². The molecule has 0 fully saturated rings. The second-order valence-corrected chi connectivity index (χ2v) is 3.90. The van der Waals surface area contributed by atoms with Gasteiger partial charge in [0.2, 0.25) is 0 Å². The van der Waals surface area contributed by atoms with Crippen molar-refractivity contribution >= 4 is 0 Å². The molecule has 6 nitrogen and oxygen atoms in total. The first-order chi connectivity index (χ1) is 8.24. The van der Waals surface area contributed by atoms with E-state index in [4.69, 9.17) is 9.47 Å². The quantitative estimate of drug-likeness (QED) is 0.681. The fraction of sp³-hybridized carbons (Fsp3) is 0.818. The number of hydrogen-bond donors (Lipinski definition) is 1. The maximum atomic E-state index is 5.37. The van der Waals surface area contributed by atoms with Crippen LogP contribution in [-0.2, 0) is 22.6 Å². The van der Waals surface area contributed by atoms with E-state index < -0.39 is 0 Å². The van der Waals surface area contributed by atoms with E-state index in [9.17, 15) is 0 Å². The van der Waals surface area contributed by atoms with E-state index in [1.165, 1.54) is 0 Å². The van der Waals surface area contributed by atoms with Crippen molar-refractivity contribution in [3.05, 3.63) is 11.4 Å². The highest BCUT2D eigenvalue weighted by Gasteiger charge is 2.17. The normalized spacial score (nSPS) is 12.9. The van der Waals surface area contributed by atoms with Gasteiger partial charge in [0.1, 0.15) is 5.69 Å². The monoisotopic (exact) mass is 242 g/mol. The van der Waals surface area contributed by atoms with Crippen molar-refractivity contribution in [1.29, 1.82) is 0 Å². The SMILES string of the molecule is CNCc1nnn(CCCOC)c1C(C)OC. The summed E-state index contributed by atoms with van der Waals surface area (Å²) in [5.41, 5.74) is 1.98. The minimum absolute atomic E-state index is 0.00380. The molecule has 0 saturated heterocycles. The highest BCUT2D eigenvalue weighted by molar-refractivity contribution is 5.12. The van der Waals surface area contributed by atoms with Crippen molar-refractivity contribution in [1.82, 2.24) is 20.3 Å². The Morgan fingerprint density at radius 2 is 2.18 bits per heavy atom. The Hall–Kier alpha value is -0.980. The molecule has 0 amide bonds. The van der Waals surface area contributed by atoms with Gasteiger partial charge in [0.15, 0.2) is 0 Å². The Balaban J connectivity index is 2.80. The lowest BCUT2D eigenvalue weighted by Gasteiger charge is -2.13. The van der Waals surface area contributed by atoms with E-state index >= 15 is 0 Å². The molecule has 1 aromatic heterocycles. The van der Waals surface area contributed by atoms with Gasteiger partial charge in [-0.1, -0.05) is 5.21 Å². The average Bonchev–Trinajstić information content (AvgIpc) is 2.72. The molecule has 0 aromatic carbocycles. The van der Waals surface area contributed by atoms with Gasteiger partial charge in [-0.3, -0.25) is 0 Å². The van der Waals surface area contributed by atoms with E-state index in [0.29, 0.717) is 6.54 Å². The first kappa shape index (κ1) is 14.1. The maximum absolute atomic E-state index is 5.37. The van der Waals surface area contributed by atoms with Crippen molar-refractivity contribution in [2.45, 2.75) is 32.5 Å². The summed E-state index contributed by atoms with van der Waals surface area (Å²) in [5, 5.41) is 11.4. The first-order valence-electron chi connectivity index (χ1n) is 5.83. The molecule has 1 heterocycles. The molecule has 0 aliphatic rings. The number of aryl methyl sites for hydroxylation is 1. The minimum Gasteiger partial charge on any atom is -0.385 e. The summed E-state index contributed by atoms with van der Waals surface area (Å²) in [6.45, 7) is 4.23. The molecule has 98 valence electrons. The predicted octanol–water partition coefficient (Wildman–Crippen LogP) is 0.741. The minimum atomic E-state index is -0.00380. The summed E-state index contributed by atoms with van der Waals surface area (Å²) in [6, 6.07) is 0. The van der Waals surface area contributed by atoms with Crippen molar-refractivity contribution in [2.75, 3.05) is 27.9 Å². The van der Waals surface area contributed by atoms with E-state index in [-0.39, 0.29) is 6.10 Å². The lowest BCUT2D eigenvalue weighted by Crippen LogP contribution is -2.14. The molecule has 1 N–H and O–H groups in total. The van der Waals surface area contributed by atoms with Crippen molar-refractivity contribution < 1.29 is 9.47 Å². The van der Waals surface area contributed by atoms with E-state index in [1.54, 1.807) is 14.2 Å². The third-order valence-electron chi connectivity index (χ3n) is 2.65. The van der Waals surface area contributed by atoms with E-state index in [1.807, 2.05) is 18.7 Å². The Morgan fingerprint density at radius 1 is 1.41 bits per heavy atom. The van der Waals surface area contributed by atoms with Crippen LogP contribution in [0.1, 0.15) is 30.8 Å². The number of nitrogens with zero attached hydrogens (tertiary/aromatic N) is 3. The van der Waals surface area contributed by atoms with Crippen molar-refractivity contribution in [2.24, 2.45) is 0 Å². The van der Waals surface area contributed by atoms with Gasteiger partial charge in [0.05, 0.1) is 11.8 Å². The van der Waals surface area contributed by atoms with Gasteiger partial charge >= 0.3 is 0 Å². The number of nitrogens with one attached hydrogen (secondary N) is 1. The molecule has 6 heteroatoms. The van der Waals surface area contributed by atoms with Crippen LogP contribution >= 0.6 is 0 Å². The third-order valence-corrected chi connectivity index (χ3v) is 2.65. The molecular formula is C11H22N4O2. The van der Waals surface area contributed by atoms with Gasteiger partial charge in [-0.25, -0.2) is 4.68 Å². The smallest absolute Gasteiger partial charge is 0.102 e. The highest BCUT2D eigenvalue weighted by atomic mass is 16.5. The summed E-state index contributed by atoms with van der Waals surface area (Å²) in [6.07, 6.45) is 0.915. The van der Waals surface area contributed by atoms with Crippen molar-refractivity contribution in [3.8, 4) is 0 Å².